The molecule has 0 amide bonds. The second-order valence-electron chi connectivity index (χ2n) is 8.18. The maximum atomic E-state index is 12.8. The Hall–Kier alpha value is -3.30. The SMILES string of the molecule is CCOC(=O)C1=NN(c2ccc(OC)cc2)[C@]2(CCC(c3ccc(Br)cc3)=NN2c2ccccc2)S1. The number of benzene rings is 3. The number of hydrazone groups is 2. The molecule has 3 aromatic rings. The Bertz CT molecular complexity index is 1300. The molecule has 5 rings (SSSR count). The van der Waals surface area contributed by atoms with Crippen LogP contribution in [0.15, 0.2) is 93.5 Å². The fourth-order valence-electron chi connectivity index (χ4n) is 4.24. The van der Waals surface area contributed by atoms with Crippen molar-refractivity contribution in [1.82, 2.24) is 0 Å². The first-order valence-electron chi connectivity index (χ1n) is 11.6. The molecular formula is C27H25BrN4O3S. The minimum absolute atomic E-state index is 0.280. The highest BCUT2D eigenvalue weighted by Gasteiger charge is 2.53. The van der Waals surface area contributed by atoms with E-state index >= 15 is 0 Å². The standard InChI is InChI=1S/C27H25BrN4O3S/c1-3-35-26(33)25-30-32(22-13-15-23(34-2)16-14-22)27(36-25)18-17-24(19-9-11-20(28)12-10-19)29-31(27)21-7-5-4-6-8-21/h4-16H,3,17-18H2,1-2H3/t27-/m1/s1. The second-order valence-corrected chi connectivity index (χ2v) is 10.3. The Morgan fingerprint density at radius 1 is 0.972 bits per heavy atom. The van der Waals surface area contributed by atoms with Crippen LogP contribution in [-0.2, 0) is 9.53 Å². The van der Waals surface area contributed by atoms with E-state index in [4.69, 9.17) is 19.7 Å². The molecule has 1 atom stereocenters. The Morgan fingerprint density at radius 3 is 2.31 bits per heavy atom. The van der Waals surface area contributed by atoms with Crippen molar-refractivity contribution in [2.45, 2.75) is 24.8 Å². The molecule has 0 radical (unpaired) electrons. The number of hydrogen-bond acceptors (Lipinski definition) is 8. The first-order valence-corrected chi connectivity index (χ1v) is 13.2. The molecule has 0 aliphatic carbocycles. The van der Waals surface area contributed by atoms with E-state index in [1.54, 1.807) is 14.0 Å². The van der Waals surface area contributed by atoms with Crippen LogP contribution in [0.1, 0.15) is 25.3 Å². The smallest absolute Gasteiger partial charge is 0.365 e. The molecule has 9 heteroatoms. The predicted octanol–water partition coefficient (Wildman–Crippen LogP) is 6.25. The van der Waals surface area contributed by atoms with Gasteiger partial charge in [0.2, 0.25) is 10.0 Å². The van der Waals surface area contributed by atoms with Crippen molar-refractivity contribution in [1.29, 1.82) is 0 Å². The summed E-state index contributed by atoms with van der Waals surface area (Å²) in [4.78, 5) is 12.0. The molecule has 7 nitrogen and oxygen atoms in total. The van der Waals surface area contributed by atoms with Gasteiger partial charge in [-0.15, -0.1) is 0 Å². The van der Waals surface area contributed by atoms with Gasteiger partial charge in [0.05, 0.1) is 30.8 Å². The van der Waals surface area contributed by atoms with Crippen LogP contribution >= 0.6 is 27.7 Å². The summed E-state index contributed by atoms with van der Waals surface area (Å²) in [7, 11) is 1.63. The maximum Gasteiger partial charge on any atom is 0.365 e. The van der Waals surface area contributed by atoms with Crippen LogP contribution < -0.4 is 14.8 Å². The monoisotopic (exact) mass is 564 g/mol. The molecular weight excluding hydrogens is 540 g/mol. The minimum Gasteiger partial charge on any atom is -0.497 e. The molecule has 0 unspecified atom stereocenters. The highest BCUT2D eigenvalue weighted by Crippen LogP contribution is 2.50. The Balaban J connectivity index is 1.64. The lowest BCUT2D eigenvalue weighted by atomic mass is 10.0. The topological polar surface area (TPSA) is 66.7 Å². The van der Waals surface area contributed by atoms with E-state index in [1.165, 1.54) is 11.8 Å². The highest BCUT2D eigenvalue weighted by atomic mass is 79.9. The summed E-state index contributed by atoms with van der Waals surface area (Å²) in [5.41, 5.74) is 3.75. The van der Waals surface area contributed by atoms with Gasteiger partial charge in [-0.2, -0.15) is 10.2 Å². The molecule has 0 aromatic heterocycles. The average Bonchev–Trinajstić information content (AvgIpc) is 3.30. The molecule has 184 valence electrons. The van der Waals surface area contributed by atoms with Crippen molar-refractivity contribution in [3.05, 3.63) is 88.9 Å². The van der Waals surface area contributed by atoms with Crippen LogP contribution in [0.25, 0.3) is 0 Å². The lowest BCUT2D eigenvalue weighted by Gasteiger charge is -2.46. The zero-order valence-electron chi connectivity index (χ0n) is 19.9. The van der Waals surface area contributed by atoms with Crippen LogP contribution in [0.4, 0.5) is 11.4 Å². The number of hydrogen-bond donors (Lipinski definition) is 0. The van der Waals surface area contributed by atoms with Crippen LogP contribution in [0.2, 0.25) is 0 Å². The molecule has 2 aliphatic rings. The molecule has 0 saturated carbocycles. The van der Waals surface area contributed by atoms with Gasteiger partial charge in [-0.1, -0.05) is 46.3 Å². The molecule has 0 bridgehead atoms. The van der Waals surface area contributed by atoms with E-state index in [-0.39, 0.29) is 6.61 Å². The predicted molar refractivity (Wildman–Crippen MR) is 149 cm³/mol. The third kappa shape index (κ3) is 4.60. The van der Waals surface area contributed by atoms with Gasteiger partial charge >= 0.3 is 5.97 Å². The summed E-state index contributed by atoms with van der Waals surface area (Å²) in [5, 5.41) is 14.1. The molecule has 2 heterocycles. The summed E-state index contributed by atoms with van der Waals surface area (Å²) >= 11 is 4.89. The van der Waals surface area contributed by atoms with Crippen molar-refractivity contribution in [3.63, 3.8) is 0 Å². The van der Waals surface area contributed by atoms with Crippen LogP contribution in [0.3, 0.4) is 0 Å². The van der Waals surface area contributed by atoms with Gasteiger partial charge < -0.3 is 9.47 Å². The molecule has 0 saturated heterocycles. The molecule has 2 aliphatic heterocycles. The van der Waals surface area contributed by atoms with Gasteiger partial charge in [0.15, 0.2) is 0 Å². The second kappa shape index (κ2) is 10.4. The van der Waals surface area contributed by atoms with Gasteiger partial charge in [-0.3, -0.25) is 0 Å². The van der Waals surface area contributed by atoms with E-state index in [0.29, 0.717) is 17.9 Å². The van der Waals surface area contributed by atoms with Gasteiger partial charge in [0, 0.05) is 10.9 Å². The van der Waals surface area contributed by atoms with Crippen LogP contribution in [0, 0.1) is 0 Å². The van der Waals surface area contributed by atoms with Gasteiger partial charge in [0.1, 0.15) is 5.75 Å². The fraction of sp³-hybridized carbons (Fsp3) is 0.222. The molecule has 0 fully saturated rings. The number of ether oxygens (including phenoxy) is 2. The number of carbonyl (C=O) groups is 1. The largest absolute Gasteiger partial charge is 0.497 e. The van der Waals surface area contributed by atoms with Gasteiger partial charge in [-0.25, -0.2) is 14.8 Å². The molecule has 3 aromatic carbocycles. The third-order valence-electron chi connectivity index (χ3n) is 5.97. The van der Waals surface area contributed by atoms with Crippen molar-refractivity contribution in [2.75, 3.05) is 23.7 Å². The quantitative estimate of drug-likeness (QED) is 0.330. The highest BCUT2D eigenvalue weighted by molar-refractivity contribution is 9.10. The Labute approximate surface area is 222 Å². The van der Waals surface area contributed by atoms with Crippen molar-refractivity contribution < 1.29 is 14.3 Å². The van der Waals surface area contributed by atoms with Crippen LogP contribution in [-0.4, -0.2) is 35.4 Å². The molecule has 36 heavy (non-hydrogen) atoms. The normalized spacial score (nSPS) is 19.2. The molecule has 0 N–H and O–H groups in total. The van der Waals surface area contributed by atoms with Crippen LogP contribution in [0.5, 0.6) is 5.75 Å². The number of anilines is 2. The van der Waals surface area contributed by atoms with E-state index < -0.39 is 11.0 Å². The van der Waals surface area contributed by atoms with Gasteiger partial charge in [-0.05, 0) is 79.2 Å². The number of para-hydroxylation sites is 1. The lowest BCUT2D eigenvalue weighted by molar-refractivity contribution is -0.134. The summed E-state index contributed by atoms with van der Waals surface area (Å²) in [6.07, 6.45) is 1.37. The zero-order chi connectivity index (χ0) is 25.1. The van der Waals surface area contributed by atoms with E-state index in [9.17, 15) is 4.79 Å². The number of esters is 1. The summed E-state index contributed by atoms with van der Waals surface area (Å²) in [5.74, 6) is 0.307. The first kappa shape index (κ1) is 24.4. The van der Waals surface area contributed by atoms with Crippen molar-refractivity contribution in [2.24, 2.45) is 10.2 Å². The average molecular weight is 565 g/mol. The van der Waals surface area contributed by atoms with Gasteiger partial charge in [0.25, 0.3) is 0 Å². The number of methoxy groups -OCH3 is 1. The third-order valence-corrected chi connectivity index (χ3v) is 7.81. The van der Waals surface area contributed by atoms with E-state index in [1.807, 2.05) is 76.7 Å². The van der Waals surface area contributed by atoms with E-state index in [0.717, 1.165) is 32.9 Å². The number of rotatable bonds is 6. The number of nitrogens with zero attached hydrogens (tertiary/aromatic N) is 4. The Kier molecular flexibility index (Phi) is 7.02. The minimum atomic E-state index is -0.795. The lowest BCUT2D eigenvalue weighted by Crippen LogP contribution is -2.56. The number of thioether (sulfide) groups is 1. The zero-order valence-corrected chi connectivity index (χ0v) is 22.3. The van der Waals surface area contributed by atoms with Crippen molar-refractivity contribution >= 4 is 55.8 Å². The number of carbonyl (C=O) groups excluding carboxylic acids is 1. The molecule has 1 spiro atoms. The summed E-state index contributed by atoms with van der Waals surface area (Å²) in [6, 6.07) is 25.8. The Morgan fingerprint density at radius 2 is 1.64 bits per heavy atom. The summed E-state index contributed by atoms with van der Waals surface area (Å²) in [6.45, 7) is 2.07. The fourth-order valence-corrected chi connectivity index (χ4v) is 5.75. The van der Waals surface area contributed by atoms with Crippen molar-refractivity contribution in [3.8, 4) is 5.75 Å². The first-order chi connectivity index (χ1) is 17.5. The number of halogens is 1. The summed E-state index contributed by atoms with van der Waals surface area (Å²) < 4.78 is 11.7. The maximum absolute atomic E-state index is 12.8. The van der Waals surface area contributed by atoms with E-state index in [2.05, 4.69) is 28.1 Å².